The quantitative estimate of drug-likeness (QED) is 0.219. The van der Waals surface area contributed by atoms with Crippen molar-refractivity contribution in [2.75, 3.05) is 34.5 Å². The Balaban J connectivity index is 2.15. The van der Waals surface area contributed by atoms with E-state index < -0.39 is 27.0 Å². The highest BCUT2D eigenvalue weighted by atomic mass is 28.4. The average molecular weight is 293 g/mol. The third-order valence-corrected chi connectivity index (χ3v) is 5.48. The fraction of sp³-hybridized carbons (Fsp3) is 0.800. The molecule has 1 saturated heterocycles. The zero-order valence-corrected chi connectivity index (χ0v) is 12.3. The molecule has 1 aliphatic rings. The SMILES string of the molecule is CO[Si](CCCNC(=O)OC(=O)C1CO1)(OC)OC. The van der Waals surface area contributed by atoms with Gasteiger partial charge in [-0.1, -0.05) is 0 Å². The first-order valence-electron chi connectivity index (χ1n) is 5.83. The van der Waals surface area contributed by atoms with Crippen molar-refractivity contribution >= 4 is 20.9 Å². The predicted octanol–water partition coefficient (Wildman–Crippen LogP) is -0.0938. The van der Waals surface area contributed by atoms with Crippen LogP contribution in [0.15, 0.2) is 0 Å². The van der Waals surface area contributed by atoms with Crippen molar-refractivity contribution in [3.05, 3.63) is 0 Å². The summed E-state index contributed by atoms with van der Waals surface area (Å²) in [6, 6.07) is 0.552. The summed E-state index contributed by atoms with van der Waals surface area (Å²) in [7, 11) is 1.96. The molecule has 0 saturated carbocycles. The Morgan fingerprint density at radius 2 is 1.84 bits per heavy atom. The molecule has 1 atom stereocenters. The molecular weight excluding hydrogens is 274 g/mol. The van der Waals surface area contributed by atoms with Crippen LogP contribution in [0.25, 0.3) is 0 Å². The van der Waals surface area contributed by atoms with Crippen LogP contribution >= 0.6 is 0 Å². The fourth-order valence-corrected chi connectivity index (χ4v) is 3.15. The number of nitrogens with one attached hydrogen (secondary N) is 1. The van der Waals surface area contributed by atoms with Gasteiger partial charge in [0.2, 0.25) is 0 Å². The van der Waals surface area contributed by atoms with E-state index in [1.165, 1.54) is 21.3 Å². The lowest BCUT2D eigenvalue weighted by atomic mass is 10.5. The zero-order valence-electron chi connectivity index (χ0n) is 11.3. The number of carbonyl (C=O) groups is 2. The van der Waals surface area contributed by atoms with Crippen LogP contribution in [0.2, 0.25) is 6.04 Å². The molecule has 0 aromatic carbocycles. The van der Waals surface area contributed by atoms with Crippen LogP contribution < -0.4 is 5.32 Å². The number of hydrogen-bond acceptors (Lipinski definition) is 7. The van der Waals surface area contributed by atoms with Gasteiger partial charge in [0.15, 0.2) is 6.10 Å². The lowest BCUT2D eigenvalue weighted by Crippen LogP contribution is -2.43. The molecule has 1 rings (SSSR count). The molecule has 1 aliphatic heterocycles. The fourth-order valence-electron chi connectivity index (χ4n) is 1.43. The van der Waals surface area contributed by atoms with Crippen LogP contribution in [0.4, 0.5) is 4.79 Å². The molecular formula is C10H19NO7Si. The Kier molecular flexibility index (Phi) is 6.38. The first kappa shape index (κ1) is 16.1. The third-order valence-electron chi connectivity index (χ3n) is 2.65. The highest BCUT2D eigenvalue weighted by Crippen LogP contribution is 2.14. The van der Waals surface area contributed by atoms with E-state index in [1.807, 2.05) is 0 Å². The van der Waals surface area contributed by atoms with Crippen molar-refractivity contribution in [1.29, 1.82) is 0 Å². The molecule has 8 nitrogen and oxygen atoms in total. The summed E-state index contributed by atoms with van der Waals surface area (Å²) in [6.07, 6.45) is -0.772. The van der Waals surface area contributed by atoms with Crippen molar-refractivity contribution in [3.63, 3.8) is 0 Å². The van der Waals surface area contributed by atoms with E-state index in [9.17, 15) is 9.59 Å². The standard InChI is InChI=1S/C10H19NO7Si/c1-14-19(15-2,16-3)6-4-5-11-10(13)18-9(12)8-7-17-8/h8H,4-7H2,1-3H3,(H,11,13). The van der Waals surface area contributed by atoms with E-state index in [-0.39, 0.29) is 0 Å². The van der Waals surface area contributed by atoms with E-state index in [0.29, 0.717) is 25.6 Å². The largest absolute Gasteiger partial charge is 0.500 e. The van der Waals surface area contributed by atoms with Gasteiger partial charge in [0, 0.05) is 33.9 Å². The lowest BCUT2D eigenvalue weighted by molar-refractivity contribution is -0.138. The third kappa shape index (κ3) is 5.24. The smallest absolute Gasteiger partial charge is 0.377 e. The Morgan fingerprint density at radius 3 is 2.32 bits per heavy atom. The molecule has 0 radical (unpaired) electrons. The molecule has 1 heterocycles. The number of esters is 1. The summed E-state index contributed by atoms with van der Waals surface area (Å²) < 4.78 is 24.9. The molecule has 1 N–H and O–H groups in total. The van der Waals surface area contributed by atoms with Crippen LogP contribution in [0, 0.1) is 0 Å². The van der Waals surface area contributed by atoms with Crippen LogP contribution in [0.1, 0.15) is 6.42 Å². The summed E-state index contributed by atoms with van der Waals surface area (Å²) in [5, 5.41) is 2.46. The van der Waals surface area contributed by atoms with E-state index in [2.05, 4.69) is 14.8 Å². The topological polar surface area (TPSA) is 95.6 Å². The molecule has 1 unspecified atom stereocenters. The highest BCUT2D eigenvalue weighted by molar-refractivity contribution is 6.60. The minimum absolute atomic E-state index is 0.315. The van der Waals surface area contributed by atoms with Gasteiger partial charge in [-0.2, -0.15) is 0 Å². The summed E-state index contributed by atoms with van der Waals surface area (Å²) in [4.78, 5) is 22.3. The number of alkyl carbamates (subject to hydrolysis) is 1. The van der Waals surface area contributed by atoms with Crippen LogP contribution in [0.3, 0.4) is 0 Å². The van der Waals surface area contributed by atoms with E-state index in [1.54, 1.807) is 0 Å². The molecule has 19 heavy (non-hydrogen) atoms. The Bertz CT molecular complexity index is 309. The minimum atomic E-state index is -2.61. The van der Waals surface area contributed by atoms with Gasteiger partial charge in [-0.25, -0.2) is 9.59 Å². The number of epoxide rings is 1. The molecule has 1 amide bonds. The van der Waals surface area contributed by atoms with Gasteiger partial charge in [-0.3, -0.25) is 0 Å². The van der Waals surface area contributed by atoms with Gasteiger partial charge in [0.05, 0.1) is 6.61 Å². The van der Waals surface area contributed by atoms with Gasteiger partial charge >= 0.3 is 20.9 Å². The second kappa shape index (κ2) is 7.55. The first-order valence-corrected chi connectivity index (χ1v) is 7.76. The van der Waals surface area contributed by atoms with Crippen LogP contribution in [-0.4, -0.2) is 61.5 Å². The Hall–Kier alpha value is -1.00. The van der Waals surface area contributed by atoms with Gasteiger partial charge < -0.3 is 28.1 Å². The molecule has 110 valence electrons. The summed E-state index contributed by atoms with van der Waals surface area (Å²) in [5.41, 5.74) is 0. The molecule has 9 heteroatoms. The normalized spacial score (nSPS) is 17.9. The number of rotatable bonds is 8. The van der Waals surface area contributed by atoms with Crippen molar-refractivity contribution in [2.24, 2.45) is 0 Å². The number of ether oxygens (including phenoxy) is 2. The molecule has 0 spiro atoms. The van der Waals surface area contributed by atoms with Gasteiger partial charge in [-0.05, 0) is 6.42 Å². The summed E-state index contributed by atoms with van der Waals surface area (Å²) >= 11 is 0. The van der Waals surface area contributed by atoms with E-state index >= 15 is 0 Å². The van der Waals surface area contributed by atoms with Crippen molar-refractivity contribution in [1.82, 2.24) is 5.32 Å². The predicted molar refractivity (Wildman–Crippen MR) is 65.4 cm³/mol. The Labute approximate surface area is 112 Å². The van der Waals surface area contributed by atoms with E-state index in [4.69, 9.17) is 13.3 Å². The lowest BCUT2D eigenvalue weighted by Gasteiger charge is -2.24. The van der Waals surface area contributed by atoms with Crippen LogP contribution in [0.5, 0.6) is 0 Å². The monoisotopic (exact) mass is 293 g/mol. The zero-order chi connectivity index (χ0) is 14.3. The maximum Gasteiger partial charge on any atom is 0.500 e. The van der Waals surface area contributed by atoms with Crippen molar-refractivity contribution < 1.29 is 32.3 Å². The molecule has 0 bridgehead atoms. The number of amides is 1. The summed E-state index contributed by atoms with van der Waals surface area (Å²) in [5.74, 6) is -0.660. The number of carbonyl (C=O) groups excluding carboxylic acids is 2. The van der Waals surface area contributed by atoms with Gasteiger partial charge in [0.1, 0.15) is 0 Å². The molecule has 0 aliphatic carbocycles. The average Bonchev–Trinajstić information content (AvgIpc) is 3.24. The first-order chi connectivity index (χ1) is 9.06. The maximum atomic E-state index is 11.2. The van der Waals surface area contributed by atoms with E-state index in [0.717, 1.165) is 0 Å². The second-order valence-electron chi connectivity index (χ2n) is 3.86. The van der Waals surface area contributed by atoms with Crippen molar-refractivity contribution in [2.45, 2.75) is 18.6 Å². The van der Waals surface area contributed by atoms with Crippen LogP contribution in [-0.2, 0) is 27.5 Å². The van der Waals surface area contributed by atoms with Gasteiger partial charge in [0.25, 0.3) is 0 Å². The number of hydrogen-bond donors (Lipinski definition) is 1. The second-order valence-corrected chi connectivity index (χ2v) is 6.95. The summed E-state index contributed by atoms with van der Waals surface area (Å²) in [6.45, 7) is 0.651. The van der Waals surface area contributed by atoms with Crippen molar-refractivity contribution in [3.8, 4) is 0 Å². The molecule has 1 fully saturated rings. The minimum Gasteiger partial charge on any atom is -0.377 e. The molecule has 0 aromatic heterocycles. The van der Waals surface area contributed by atoms with Gasteiger partial charge in [-0.15, -0.1) is 0 Å². The Morgan fingerprint density at radius 1 is 1.26 bits per heavy atom. The maximum absolute atomic E-state index is 11.2. The molecule has 0 aromatic rings. The highest BCUT2D eigenvalue weighted by Gasteiger charge is 2.37.